The van der Waals surface area contributed by atoms with Crippen LogP contribution in [-0.4, -0.2) is 0 Å². The smallest absolute Gasteiger partial charge is 0.0918 e. The molecule has 0 atom stereocenters. The Bertz CT molecular complexity index is 2080. The lowest BCUT2D eigenvalue weighted by Gasteiger charge is -2.11. The average molecular weight is 697 g/mol. The maximum Gasteiger partial charge on any atom is 0.0918 e. The van der Waals surface area contributed by atoms with Gasteiger partial charge in [-0.05, 0) is 92.8 Å². The molecule has 0 fully saturated rings. The third-order valence-corrected chi connectivity index (χ3v) is 10.3. The minimum Gasteiger partial charge on any atom is -0.247 e. The van der Waals surface area contributed by atoms with Gasteiger partial charge in [0, 0.05) is 47.7 Å². The van der Waals surface area contributed by atoms with Crippen LogP contribution in [-0.2, 0) is 15.1 Å². The van der Waals surface area contributed by atoms with E-state index < -0.39 is 0 Å². The summed E-state index contributed by atoms with van der Waals surface area (Å²) in [6.45, 7) is 4.13. The highest BCUT2D eigenvalue weighted by Gasteiger charge is 2.09. The van der Waals surface area contributed by atoms with Crippen LogP contribution in [0.1, 0.15) is 44.5 Å². The zero-order valence-corrected chi connectivity index (χ0v) is 30.2. The van der Waals surface area contributed by atoms with Crippen LogP contribution < -0.4 is 0 Å². The molecule has 3 nitrogen and oxygen atoms in total. The van der Waals surface area contributed by atoms with Crippen LogP contribution in [0, 0.1) is 36.5 Å². The van der Waals surface area contributed by atoms with E-state index >= 15 is 0 Å². The van der Waals surface area contributed by atoms with Gasteiger partial charge < -0.3 is 0 Å². The molecule has 5 heteroatoms. The van der Waals surface area contributed by atoms with Crippen molar-refractivity contribution in [1.29, 1.82) is 10.5 Å². The van der Waals surface area contributed by atoms with E-state index in [1.807, 2.05) is 12.1 Å². The molecule has 0 aliphatic rings. The van der Waals surface area contributed by atoms with Crippen LogP contribution in [0.2, 0.25) is 0 Å². The Balaban J connectivity index is 1.01. The summed E-state index contributed by atoms with van der Waals surface area (Å²) in [6, 6.07) is 54.8. The number of allylic oxidation sites excluding steroid dienone is 2. The summed E-state index contributed by atoms with van der Waals surface area (Å²) >= 11 is 2.88. The van der Waals surface area contributed by atoms with Gasteiger partial charge in [0.1, 0.15) is 0 Å². The molecule has 0 aromatic heterocycles. The zero-order valence-electron chi connectivity index (χ0n) is 28.5. The Morgan fingerprint density at radius 2 is 0.882 bits per heavy atom. The Morgan fingerprint density at radius 3 is 1.25 bits per heavy atom. The van der Waals surface area contributed by atoms with Crippen LogP contribution in [0.3, 0.4) is 0 Å². The molecule has 0 N–H and O–H groups in total. The zero-order chi connectivity index (χ0) is 35.4. The van der Waals surface area contributed by atoms with Gasteiger partial charge in [-0.3, -0.25) is 0 Å². The van der Waals surface area contributed by atoms with Gasteiger partial charge in [-0.1, -0.05) is 145 Å². The summed E-state index contributed by atoms with van der Waals surface area (Å²) in [5.74, 6) is 1.49. The molecule has 0 spiro atoms. The summed E-state index contributed by atoms with van der Waals surface area (Å²) in [6.07, 6.45) is 3.24. The monoisotopic (exact) mass is 696 g/mol. The second-order valence-corrected chi connectivity index (χ2v) is 13.8. The average Bonchev–Trinajstić information content (AvgIpc) is 3.17. The van der Waals surface area contributed by atoms with E-state index in [1.165, 1.54) is 46.3 Å². The second-order valence-electron chi connectivity index (χ2n) is 12.3. The lowest BCUT2D eigenvalue weighted by Crippen LogP contribution is -1.90. The van der Waals surface area contributed by atoms with Crippen LogP contribution in [0.25, 0.3) is 33.4 Å². The summed E-state index contributed by atoms with van der Waals surface area (Å²) in [4.78, 5) is 0. The van der Waals surface area contributed by atoms with Crippen LogP contribution >= 0.6 is 24.1 Å². The van der Waals surface area contributed by atoms with Crippen molar-refractivity contribution in [3.8, 4) is 34.4 Å². The normalized spacial score (nSPS) is 11.5. The number of hydrogen-bond donors (Lipinski definition) is 0. The van der Waals surface area contributed by atoms with Gasteiger partial charge in [0.2, 0.25) is 0 Å². The molecular weight excluding hydrogens is 661 g/mol. The predicted molar refractivity (Wildman–Crippen MR) is 215 cm³/mol. The molecule has 0 unspecified atom stereocenters. The van der Waals surface area contributed by atoms with E-state index in [2.05, 4.69) is 159 Å². The molecule has 0 aliphatic carbocycles. The Hall–Kier alpha value is -5.56. The van der Waals surface area contributed by atoms with E-state index in [9.17, 15) is 10.5 Å². The minimum absolute atomic E-state index is 0.746. The van der Waals surface area contributed by atoms with Gasteiger partial charge in [-0.2, -0.15) is 10.5 Å². The summed E-state index contributed by atoms with van der Waals surface area (Å²) in [5.41, 5.74) is 15.2. The van der Waals surface area contributed by atoms with Crippen LogP contribution in [0.5, 0.6) is 0 Å². The van der Waals surface area contributed by atoms with E-state index in [0.717, 1.165) is 67.2 Å². The van der Waals surface area contributed by atoms with Gasteiger partial charge in [0.25, 0.3) is 0 Å². The number of benzene rings is 6. The fourth-order valence-electron chi connectivity index (χ4n) is 5.80. The lowest BCUT2D eigenvalue weighted by molar-refractivity contribution is 0.755. The van der Waals surface area contributed by atoms with Crippen LogP contribution in [0.15, 0.2) is 158 Å². The highest BCUT2D eigenvalue weighted by Crippen LogP contribution is 2.31. The topological polar surface area (TPSA) is 56.8 Å². The second kappa shape index (κ2) is 17.4. The van der Waals surface area contributed by atoms with Gasteiger partial charge in [-0.15, -0.1) is 0 Å². The Kier molecular flexibility index (Phi) is 12.0. The fourth-order valence-corrected chi connectivity index (χ4v) is 7.11. The first kappa shape index (κ1) is 35.3. The SMILES string of the molecule is Cc1ccc(/C(=C/C#N)c2cccc(-c3ccc(CSOSCc4ccc(-c5cccc(/C(=C/C#N)c6ccc(C)cc6)c5)cc4)cc3)c2)cc1. The molecule has 0 aliphatic heterocycles. The number of rotatable bonds is 12. The van der Waals surface area contributed by atoms with E-state index in [4.69, 9.17) is 3.63 Å². The first-order valence-corrected chi connectivity index (χ1v) is 18.5. The molecule has 6 rings (SSSR count). The van der Waals surface area contributed by atoms with Crippen molar-refractivity contribution in [2.24, 2.45) is 0 Å². The number of hydrogen-bond acceptors (Lipinski definition) is 5. The molecule has 6 aromatic carbocycles. The Labute approximate surface area is 310 Å². The molecule has 0 saturated heterocycles. The minimum atomic E-state index is 0.746. The van der Waals surface area contributed by atoms with Crippen molar-refractivity contribution in [3.63, 3.8) is 0 Å². The third kappa shape index (κ3) is 9.37. The van der Waals surface area contributed by atoms with Gasteiger partial charge in [0.15, 0.2) is 0 Å². The van der Waals surface area contributed by atoms with Gasteiger partial charge >= 0.3 is 0 Å². The highest BCUT2D eigenvalue weighted by atomic mass is 32.2. The number of aryl methyl sites for hydroxylation is 2. The molecule has 0 amide bonds. The molecule has 0 saturated carbocycles. The maximum atomic E-state index is 9.46. The van der Waals surface area contributed by atoms with Crippen molar-refractivity contribution >= 4 is 35.2 Å². The number of nitrogens with zero attached hydrogens (tertiary/aromatic N) is 2. The fraction of sp³-hybridized carbons (Fsp3) is 0.0870. The van der Waals surface area contributed by atoms with Crippen molar-refractivity contribution < 1.29 is 3.63 Å². The molecule has 0 bridgehead atoms. The highest BCUT2D eigenvalue weighted by molar-refractivity contribution is 8.07. The summed E-state index contributed by atoms with van der Waals surface area (Å²) < 4.78 is 5.87. The van der Waals surface area contributed by atoms with E-state index in [1.54, 1.807) is 12.2 Å². The van der Waals surface area contributed by atoms with Crippen molar-refractivity contribution in [2.45, 2.75) is 25.4 Å². The number of nitriles is 2. The molecule has 0 radical (unpaired) electrons. The third-order valence-electron chi connectivity index (χ3n) is 8.61. The molecule has 248 valence electrons. The van der Waals surface area contributed by atoms with Crippen molar-refractivity contribution in [1.82, 2.24) is 0 Å². The molecule has 0 heterocycles. The first-order valence-electron chi connectivity index (χ1n) is 16.6. The van der Waals surface area contributed by atoms with Gasteiger partial charge in [-0.25, -0.2) is 3.63 Å². The van der Waals surface area contributed by atoms with E-state index in [-0.39, 0.29) is 0 Å². The maximum absolute atomic E-state index is 9.46. The van der Waals surface area contributed by atoms with Gasteiger partial charge in [0.05, 0.1) is 12.1 Å². The quantitative estimate of drug-likeness (QED) is 0.0724. The van der Waals surface area contributed by atoms with Crippen molar-refractivity contribution in [3.05, 3.63) is 202 Å². The standard InChI is InChI=1S/C46H36N2OS2/c1-33-9-17-39(18-10-33)45(25-27-47)43-7-3-5-41(29-43)37-21-13-35(14-22-37)31-50-49-51-32-36-15-23-38(24-16-36)42-6-4-8-44(30-42)46(26-28-48)40-19-11-34(2)12-20-40/h3-26,29-30H,31-32H2,1-2H3/b45-25-,46-26+. The Morgan fingerprint density at radius 1 is 0.490 bits per heavy atom. The van der Waals surface area contributed by atoms with E-state index in [0.29, 0.717) is 0 Å². The molecular formula is C46H36N2OS2. The summed E-state index contributed by atoms with van der Waals surface area (Å²) in [5, 5.41) is 18.9. The predicted octanol–water partition coefficient (Wildman–Crippen LogP) is 12.6. The molecule has 6 aromatic rings. The summed E-state index contributed by atoms with van der Waals surface area (Å²) in [7, 11) is 0. The first-order chi connectivity index (χ1) is 25.0. The lowest BCUT2D eigenvalue weighted by atomic mass is 9.94. The molecule has 51 heavy (non-hydrogen) atoms. The van der Waals surface area contributed by atoms with Crippen LogP contribution in [0.4, 0.5) is 0 Å². The van der Waals surface area contributed by atoms with Crippen molar-refractivity contribution in [2.75, 3.05) is 0 Å². The largest absolute Gasteiger partial charge is 0.247 e.